The summed E-state index contributed by atoms with van der Waals surface area (Å²) in [5, 5.41) is 1.02. The van der Waals surface area contributed by atoms with Gasteiger partial charge in [-0.05, 0) is 37.2 Å². The number of rotatable bonds is 1. The molecule has 3 atom stereocenters. The molecule has 4 rings (SSSR count). The molecule has 2 heterocycles. The van der Waals surface area contributed by atoms with Crippen LogP contribution in [0.5, 0.6) is 0 Å². The third-order valence-electron chi connectivity index (χ3n) is 5.20. The van der Waals surface area contributed by atoms with Crippen molar-refractivity contribution in [3.63, 3.8) is 0 Å². The maximum Gasteiger partial charge on any atom is 0.256 e. The Labute approximate surface area is 124 Å². The van der Waals surface area contributed by atoms with Crippen LogP contribution in [-0.4, -0.2) is 34.9 Å². The summed E-state index contributed by atoms with van der Waals surface area (Å²) < 4.78 is 0. The van der Waals surface area contributed by atoms with Gasteiger partial charge in [-0.3, -0.25) is 4.79 Å². The van der Waals surface area contributed by atoms with Crippen molar-refractivity contribution in [1.29, 1.82) is 0 Å². The summed E-state index contributed by atoms with van der Waals surface area (Å²) in [5.41, 5.74) is 7.90. The first-order chi connectivity index (χ1) is 10.2. The molecule has 2 fully saturated rings. The second kappa shape index (κ2) is 4.88. The predicted molar refractivity (Wildman–Crippen MR) is 83.0 cm³/mol. The number of benzene rings is 1. The fraction of sp³-hybridized carbons (Fsp3) is 0.471. The average Bonchev–Trinajstić information content (AvgIpc) is 3.09. The van der Waals surface area contributed by atoms with Crippen LogP contribution >= 0.6 is 0 Å². The van der Waals surface area contributed by atoms with Crippen molar-refractivity contribution in [2.24, 2.45) is 17.6 Å². The number of nitrogens with one attached hydrogen (secondary N) is 1. The highest BCUT2D eigenvalue weighted by molar-refractivity contribution is 6.06. The van der Waals surface area contributed by atoms with Gasteiger partial charge < -0.3 is 15.6 Å². The van der Waals surface area contributed by atoms with Crippen molar-refractivity contribution in [3.05, 3.63) is 36.0 Å². The van der Waals surface area contributed by atoms with Gasteiger partial charge in [0.25, 0.3) is 5.91 Å². The van der Waals surface area contributed by atoms with Crippen LogP contribution in [0.1, 0.15) is 29.6 Å². The first-order valence-electron chi connectivity index (χ1n) is 7.83. The number of fused-ring (bicyclic) bond motifs is 2. The Kier molecular flexibility index (Phi) is 3.00. The molecule has 1 saturated carbocycles. The zero-order chi connectivity index (χ0) is 14.4. The molecule has 1 aromatic carbocycles. The maximum absolute atomic E-state index is 12.8. The molecular formula is C17H21N3O. The molecule has 110 valence electrons. The van der Waals surface area contributed by atoms with Crippen molar-refractivity contribution in [2.75, 3.05) is 13.1 Å². The molecule has 1 aliphatic carbocycles. The minimum Gasteiger partial charge on any atom is -0.360 e. The fourth-order valence-corrected chi connectivity index (χ4v) is 4.05. The molecule has 1 amide bonds. The quantitative estimate of drug-likeness (QED) is 0.844. The first kappa shape index (κ1) is 12.9. The molecule has 2 aliphatic rings. The van der Waals surface area contributed by atoms with E-state index in [9.17, 15) is 4.79 Å². The van der Waals surface area contributed by atoms with Crippen molar-refractivity contribution in [2.45, 2.75) is 25.3 Å². The van der Waals surface area contributed by atoms with E-state index < -0.39 is 0 Å². The van der Waals surface area contributed by atoms with Crippen molar-refractivity contribution in [1.82, 2.24) is 9.88 Å². The number of carbonyl (C=O) groups is 1. The van der Waals surface area contributed by atoms with Crippen LogP contribution in [-0.2, 0) is 0 Å². The van der Waals surface area contributed by atoms with Gasteiger partial charge in [0.1, 0.15) is 0 Å². The van der Waals surface area contributed by atoms with Crippen molar-refractivity contribution in [3.8, 4) is 0 Å². The van der Waals surface area contributed by atoms with Gasteiger partial charge in [0.2, 0.25) is 0 Å². The fourth-order valence-electron chi connectivity index (χ4n) is 4.05. The maximum atomic E-state index is 12.8. The molecule has 3 N–H and O–H groups in total. The van der Waals surface area contributed by atoms with E-state index in [0.717, 1.165) is 42.4 Å². The lowest BCUT2D eigenvalue weighted by atomic mass is 9.79. The minimum atomic E-state index is 0.162. The molecule has 1 aromatic heterocycles. The highest BCUT2D eigenvalue weighted by Gasteiger charge is 2.39. The Morgan fingerprint density at radius 1 is 1.19 bits per heavy atom. The summed E-state index contributed by atoms with van der Waals surface area (Å²) in [7, 11) is 0. The second-order valence-electron chi connectivity index (χ2n) is 6.55. The third-order valence-corrected chi connectivity index (χ3v) is 5.20. The highest BCUT2D eigenvalue weighted by Crippen LogP contribution is 2.36. The van der Waals surface area contributed by atoms with Crippen LogP contribution in [0.3, 0.4) is 0 Å². The summed E-state index contributed by atoms with van der Waals surface area (Å²) >= 11 is 0. The summed E-state index contributed by atoms with van der Waals surface area (Å²) in [5.74, 6) is 1.41. The van der Waals surface area contributed by atoms with E-state index in [1.54, 1.807) is 0 Å². The molecule has 4 heteroatoms. The van der Waals surface area contributed by atoms with E-state index in [1.165, 1.54) is 6.42 Å². The second-order valence-corrected chi connectivity index (χ2v) is 6.55. The van der Waals surface area contributed by atoms with Crippen molar-refractivity contribution < 1.29 is 4.79 Å². The number of hydrogen-bond acceptors (Lipinski definition) is 2. The van der Waals surface area contributed by atoms with Crippen LogP contribution in [0.4, 0.5) is 0 Å². The number of nitrogens with zero attached hydrogens (tertiary/aromatic N) is 1. The highest BCUT2D eigenvalue weighted by atomic mass is 16.2. The minimum absolute atomic E-state index is 0.162. The van der Waals surface area contributed by atoms with E-state index in [2.05, 4.69) is 4.98 Å². The summed E-state index contributed by atoms with van der Waals surface area (Å²) in [6.45, 7) is 1.77. The molecule has 1 saturated heterocycles. The number of H-pyrrole nitrogens is 1. The van der Waals surface area contributed by atoms with E-state index in [-0.39, 0.29) is 5.91 Å². The molecule has 1 unspecified atom stereocenters. The van der Waals surface area contributed by atoms with E-state index in [4.69, 9.17) is 5.73 Å². The number of carbonyl (C=O) groups excluding carboxylic acids is 1. The van der Waals surface area contributed by atoms with E-state index in [1.807, 2.05) is 35.4 Å². The lowest BCUT2D eigenvalue weighted by molar-refractivity contribution is 0.0786. The lowest BCUT2D eigenvalue weighted by Gasteiger charge is -2.27. The van der Waals surface area contributed by atoms with Gasteiger partial charge in [-0.15, -0.1) is 0 Å². The zero-order valence-electron chi connectivity index (χ0n) is 12.1. The molecule has 21 heavy (non-hydrogen) atoms. The molecule has 0 bridgehead atoms. The summed E-state index contributed by atoms with van der Waals surface area (Å²) in [4.78, 5) is 18.0. The van der Waals surface area contributed by atoms with Gasteiger partial charge in [0.05, 0.1) is 5.56 Å². The lowest BCUT2D eigenvalue weighted by Crippen LogP contribution is -2.32. The Bertz CT molecular complexity index is 677. The van der Waals surface area contributed by atoms with Gasteiger partial charge in [-0.25, -0.2) is 0 Å². The number of nitrogens with two attached hydrogens (primary N) is 1. The normalized spacial score (nSPS) is 28.8. The number of aromatic nitrogens is 1. The number of hydrogen-bond donors (Lipinski definition) is 2. The number of likely N-dealkylation sites (tertiary alicyclic amines) is 1. The van der Waals surface area contributed by atoms with Gasteiger partial charge in [0.15, 0.2) is 0 Å². The standard InChI is InChI=1S/C17H21N3O/c18-13-6-5-11-9-20(10-12(11)7-13)17(21)15-8-19-16-4-2-1-3-14(15)16/h1-4,8,11-13,19H,5-7,9-10,18H2/t11-,12+,13?/m1/s1. The van der Waals surface area contributed by atoms with Crippen LogP contribution in [0, 0.1) is 11.8 Å². The molecular weight excluding hydrogens is 262 g/mol. The van der Waals surface area contributed by atoms with Crippen LogP contribution in [0.15, 0.2) is 30.5 Å². The molecule has 0 spiro atoms. The number of amides is 1. The van der Waals surface area contributed by atoms with Crippen LogP contribution in [0.25, 0.3) is 10.9 Å². The van der Waals surface area contributed by atoms with Gasteiger partial charge >= 0.3 is 0 Å². The van der Waals surface area contributed by atoms with Crippen LogP contribution < -0.4 is 5.73 Å². The topological polar surface area (TPSA) is 62.1 Å². The largest absolute Gasteiger partial charge is 0.360 e. The third kappa shape index (κ3) is 2.14. The number of para-hydroxylation sites is 1. The molecule has 1 aliphatic heterocycles. The van der Waals surface area contributed by atoms with Gasteiger partial charge in [0, 0.05) is 36.2 Å². The van der Waals surface area contributed by atoms with Crippen molar-refractivity contribution >= 4 is 16.8 Å². The smallest absolute Gasteiger partial charge is 0.256 e. The zero-order valence-corrected chi connectivity index (χ0v) is 12.1. The Morgan fingerprint density at radius 2 is 2.00 bits per heavy atom. The van der Waals surface area contributed by atoms with Gasteiger partial charge in [-0.1, -0.05) is 18.2 Å². The SMILES string of the molecule is NC1CC[C@@H]2CN(C(=O)c3c[nH]c4ccccc34)C[C@@H]2C1. The Balaban J connectivity index is 1.58. The predicted octanol–water partition coefficient (Wildman–Crippen LogP) is 2.37. The Morgan fingerprint density at radius 3 is 2.90 bits per heavy atom. The van der Waals surface area contributed by atoms with E-state index >= 15 is 0 Å². The molecule has 0 radical (unpaired) electrons. The van der Waals surface area contributed by atoms with Gasteiger partial charge in [-0.2, -0.15) is 0 Å². The average molecular weight is 283 g/mol. The van der Waals surface area contributed by atoms with Crippen LogP contribution in [0.2, 0.25) is 0 Å². The monoisotopic (exact) mass is 283 g/mol. The Hall–Kier alpha value is -1.81. The van der Waals surface area contributed by atoms with E-state index in [0.29, 0.717) is 17.9 Å². The number of aromatic amines is 1. The molecule has 2 aromatic rings. The summed E-state index contributed by atoms with van der Waals surface area (Å²) in [6.07, 6.45) is 5.20. The molecule has 4 nitrogen and oxygen atoms in total. The first-order valence-corrected chi connectivity index (χ1v) is 7.83. The summed E-state index contributed by atoms with van der Waals surface area (Å²) in [6, 6.07) is 8.32.